The Labute approximate surface area is 125 Å². The number of carbonyl (C=O) groups excluding carboxylic acids is 1. The molecule has 1 heterocycles. The highest BCUT2D eigenvalue weighted by atomic mass is 79.9. The first-order valence-electron chi connectivity index (χ1n) is 5.86. The summed E-state index contributed by atoms with van der Waals surface area (Å²) in [6.07, 6.45) is 0. The van der Waals surface area contributed by atoms with Crippen molar-refractivity contribution in [2.75, 3.05) is 12.8 Å². The number of anilines is 1. The second-order valence-electron chi connectivity index (χ2n) is 4.36. The maximum atomic E-state index is 12.4. The van der Waals surface area contributed by atoms with E-state index in [1.807, 2.05) is 49.7 Å². The Morgan fingerprint density at radius 3 is 2.74 bits per heavy atom. The highest BCUT2D eigenvalue weighted by Gasteiger charge is 2.21. The molecule has 0 fully saturated rings. The molecule has 0 bridgehead atoms. The molecule has 0 aliphatic carbocycles. The van der Waals surface area contributed by atoms with Gasteiger partial charge in [0.1, 0.15) is 4.88 Å². The van der Waals surface area contributed by atoms with Crippen molar-refractivity contribution < 1.29 is 4.79 Å². The van der Waals surface area contributed by atoms with Crippen LogP contribution in [0, 0.1) is 0 Å². The van der Waals surface area contributed by atoms with Gasteiger partial charge in [0.15, 0.2) is 0 Å². The van der Waals surface area contributed by atoms with Gasteiger partial charge in [0.05, 0.1) is 6.04 Å². The van der Waals surface area contributed by atoms with Gasteiger partial charge in [-0.15, -0.1) is 11.3 Å². The van der Waals surface area contributed by atoms with E-state index in [1.54, 1.807) is 4.90 Å². The van der Waals surface area contributed by atoms with Crippen LogP contribution in [0.2, 0.25) is 0 Å². The molecule has 1 amide bonds. The molecule has 1 unspecified atom stereocenters. The minimum Gasteiger partial charge on any atom is -0.399 e. The van der Waals surface area contributed by atoms with Crippen molar-refractivity contribution in [3.63, 3.8) is 0 Å². The second kappa shape index (κ2) is 5.75. The molecule has 1 aromatic heterocycles. The zero-order valence-corrected chi connectivity index (χ0v) is 13.2. The van der Waals surface area contributed by atoms with E-state index < -0.39 is 0 Å². The molecular formula is C14H15BrN2OS. The van der Waals surface area contributed by atoms with Crippen LogP contribution in [0.4, 0.5) is 5.69 Å². The van der Waals surface area contributed by atoms with E-state index in [2.05, 4.69) is 15.9 Å². The van der Waals surface area contributed by atoms with Crippen LogP contribution in [0.15, 0.2) is 40.2 Å². The zero-order valence-electron chi connectivity index (χ0n) is 10.8. The summed E-state index contributed by atoms with van der Waals surface area (Å²) in [5.41, 5.74) is 7.52. The normalized spacial score (nSPS) is 12.2. The number of benzene rings is 1. The Morgan fingerprint density at radius 1 is 1.42 bits per heavy atom. The summed E-state index contributed by atoms with van der Waals surface area (Å²) in [6, 6.07) is 9.49. The highest BCUT2D eigenvalue weighted by Crippen LogP contribution is 2.28. The van der Waals surface area contributed by atoms with Crippen molar-refractivity contribution in [2.45, 2.75) is 13.0 Å². The van der Waals surface area contributed by atoms with Gasteiger partial charge in [-0.2, -0.15) is 0 Å². The minimum atomic E-state index is -0.0231. The number of amides is 1. The smallest absolute Gasteiger partial charge is 0.265 e. The monoisotopic (exact) mass is 338 g/mol. The van der Waals surface area contributed by atoms with E-state index >= 15 is 0 Å². The molecule has 0 aliphatic heterocycles. The first-order valence-corrected chi connectivity index (χ1v) is 7.53. The number of carbonyl (C=O) groups is 1. The molecule has 1 aromatic carbocycles. The number of hydrogen-bond donors (Lipinski definition) is 1. The maximum absolute atomic E-state index is 12.4. The average molecular weight is 339 g/mol. The van der Waals surface area contributed by atoms with Crippen molar-refractivity contribution in [2.24, 2.45) is 0 Å². The number of rotatable bonds is 3. The lowest BCUT2D eigenvalue weighted by molar-refractivity contribution is 0.0747. The van der Waals surface area contributed by atoms with Gasteiger partial charge in [0.25, 0.3) is 5.91 Å². The molecule has 0 saturated heterocycles. The van der Waals surface area contributed by atoms with Crippen molar-refractivity contribution in [3.05, 3.63) is 50.6 Å². The van der Waals surface area contributed by atoms with Crippen molar-refractivity contribution in [1.29, 1.82) is 0 Å². The van der Waals surface area contributed by atoms with E-state index in [9.17, 15) is 4.79 Å². The largest absolute Gasteiger partial charge is 0.399 e. The van der Waals surface area contributed by atoms with Crippen LogP contribution >= 0.6 is 27.3 Å². The van der Waals surface area contributed by atoms with E-state index in [-0.39, 0.29) is 11.9 Å². The Hall–Kier alpha value is -1.33. The second-order valence-corrected chi connectivity index (χ2v) is 6.13. The number of hydrogen-bond acceptors (Lipinski definition) is 3. The molecule has 2 N–H and O–H groups in total. The predicted molar refractivity (Wildman–Crippen MR) is 83.4 cm³/mol. The molecule has 2 rings (SSSR count). The van der Waals surface area contributed by atoms with Crippen LogP contribution in [-0.2, 0) is 0 Å². The number of thiophene rings is 1. The lowest BCUT2D eigenvalue weighted by atomic mass is 10.1. The third kappa shape index (κ3) is 2.98. The Balaban J connectivity index is 2.22. The Kier molecular flexibility index (Phi) is 4.27. The van der Waals surface area contributed by atoms with E-state index in [1.165, 1.54) is 11.3 Å². The van der Waals surface area contributed by atoms with E-state index in [4.69, 9.17) is 5.73 Å². The molecule has 0 radical (unpaired) electrons. The molecule has 100 valence electrons. The summed E-state index contributed by atoms with van der Waals surface area (Å²) in [4.78, 5) is 14.8. The summed E-state index contributed by atoms with van der Waals surface area (Å²) in [7, 11) is 1.81. The molecule has 5 heteroatoms. The summed E-state index contributed by atoms with van der Waals surface area (Å²) in [5.74, 6) is 0.0109. The highest BCUT2D eigenvalue weighted by molar-refractivity contribution is 9.10. The van der Waals surface area contributed by atoms with Crippen LogP contribution < -0.4 is 5.73 Å². The third-order valence-corrected chi connectivity index (χ3v) is 4.93. The number of halogens is 1. The summed E-state index contributed by atoms with van der Waals surface area (Å²) in [5, 5.41) is 1.90. The molecule has 2 aromatic rings. The number of nitrogens with two attached hydrogens (primary N) is 1. The van der Waals surface area contributed by atoms with E-state index in [0.717, 1.165) is 14.9 Å². The van der Waals surface area contributed by atoms with Gasteiger partial charge in [-0.3, -0.25) is 4.79 Å². The van der Waals surface area contributed by atoms with Crippen molar-refractivity contribution in [3.8, 4) is 0 Å². The molecular weight excluding hydrogens is 324 g/mol. The predicted octanol–water partition coefficient (Wildman–Crippen LogP) is 3.93. The number of nitrogen functional groups attached to an aromatic ring is 1. The topological polar surface area (TPSA) is 46.3 Å². The van der Waals surface area contributed by atoms with Gasteiger partial charge in [0.2, 0.25) is 0 Å². The van der Waals surface area contributed by atoms with Gasteiger partial charge >= 0.3 is 0 Å². The van der Waals surface area contributed by atoms with Crippen molar-refractivity contribution in [1.82, 2.24) is 4.90 Å². The van der Waals surface area contributed by atoms with Crippen LogP contribution in [-0.4, -0.2) is 17.9 Å². The third-order valence-electron chi connectivity index (χ3n) is 3.11. The van der Waals surface area contributed by atoms with Gasteiger partial charge in [-0.1, -0.05) is 12.1 Å². The lowest BCUT2D eigenvalue weighted by Gasteiger charge is -2.25. The van der Waals surface area contributed by atoms with Crippen LogP contribution in [0.1, 0.15) is 28.2 Å². The Morgan fingerprint density at radius 2 is 2.16 bits per heavy atom. The van der Waals surface area contributed by atoms with Gasteiger partial charge < -0.3 is 10.6 Å². The van der Waals surface area contributed by atoms with Crippen molar-refractivity contribution >= 4 is 38.9 Å². The number of nitrogens with zero attached hydrogens (tertiary/aromatic N) is 1. The summed E-state index contributed by atoms with van der Waals surface area (Å²) >= 11 is 4.83. The average Bonchev–Trinajstić information content (AvgIpc) is 2.82. The summed E-state index contributed by atoms with van der Waals surface area (Å²) in [6.45, 7) is 1.99. The standard InChI is InChI=1S/C14H15BrN2OS/c1-9(10-4-3-5-11(16)8-10)17(2)14(18)13-12(15)6-7-19-13/h3-9H,16H2,1-2H3. The first kappa shape index (κ1) is 14.1. The molecule has 0 spiro atoms. The lowest BCUT2D eigenvalue weighted by Crippen LogP contribution is -2.29. The van der Waals surface area contributed by atoms with Gasteiger partial charge in [-0.25, -0.2) is 0 Å². The first-order chi connectivity index (χ1) is 9.00. The zero-order chi connectivity index (χ0) is 14.0. The van der Waals surface area contributed by atoms with E-state index in [0.29, 0.717) is 5.69 Å². The quantitative estimate of drug-likeness (QED) is 0.862. The fraction of sp³-hybridized carbons (Fsp3) is 0.214. The molecule has 0 saturated carbocycles. The molecule has 1 atom stereocenters. The molecule has 0 aliphatic rings. The maximum Gasteiger partial charge on any atom is 0.265 e. The van der Waals surface area contributed by atoms with Crippen LogP contribution in [0.25, 0.3) is 0 Å². The SMILES string of the molecule is CC(c1cccc(N)c1)N(C)C(=O)c1sccc1Br. The fourth-order valence-corrected chi connectivity index (χ4v) is 3.35. The fourth-order valence-electron chi connectivity index (χ4n) is 1.82. The van der Waals surface area contributed by atoms with Crippen LogP contribution in [0.3, 0.4) is 0 Å². The Bertz CT molecular complexity index is 597. The summed E-state index contributed by atoms with van der Waals surface area (Å²) < 4.78 is 0.842. The van der Waals surface area contributed by atoms with Gasteiger partial charge in [-0.05, 0) is 52.0 Å². The van der Waals surface area contributed by atoms with Gasteiger partial charge in [0, 0.05) is 17.2 Å². The van der Waals surface area contributed by atoms with Crippen LogP contribution in [0.5, 0.6) is 0 Å². The molecule has 3 nitrogen and oxygen atoms in total. The minimum absolute atomic E-state index is 0.0109. The molecule has 19 heavy (non-hydrogen) atoms.